The summed E-state index contributed by atoms with van der Waals surface area (Å²) in [5.74, 6) is 1.17. The molecule has 0 spiro atoms. The quantitative estimate of drug-likeness (QED) is 0.0802. The maximum atomic E-state index is 17.4. The van der Waals surface area contributed by atoms with Crippen molar-refractivity contribution in [3.05, 3.63) is 77.2 Å². The molecule has 1 N–H and O–H groups in total. The Balaban J connectivity index is 0.688. The molecule has 72 heavy (non-hydrogen) atoms. The van der Waals surface area contributed by atoms with Gasteiger partial charge in [0.2, 0.25) is 11.8 Å². The van der Waals surface area contributed by atoms with Crippen LogP contribution in [0.25, 0.3) is 32.9 Å². The molecule has 6 fully saturated rings. The number of fused-ring (bicyclic) bond motifs is 5. The third kappa shape index (κ3) is 9.23. The molecule has 5 aromatic rings. The number of anilines is 2. The number of likely N-dealkylation sites (tertiary alicyclic amines) is 1. The Kier molecular flexibility index (Phi) is 12.7. The Labute approximate surface area is 419 Å². The molecule has 378 valence electrons. The molecule has 2 aromatic heterocycles. The lowest BCUT2D eigenvalue weighted by Gasteiger charge is -2.38. The number of amides is 3. The molecule has 12 rings (SSSR count). The third-order valence-corrected chi connectivity index (χ3v) is 16.8. The first-order chi connectivity index (χ1) is 35.1. The number of nitrogens with zero attached hydrogens (tertiary/aromatic N) is 7. The fourth-order valence-corrected chi connectivity index (χ4v) is 12.8. The van der Waals surface area contributed by atoms with Crippen molar-refractivity contribution >= 4 is 50.9 Å². The van der Waals surface area contributed by atoms with Crippen molar-refractivity contribution in [3.8, 4) is 23.0 Å². The van der Waals surface area contributed by atoms with E-state index in [1.165, 1.54) is 19.3 Å². The fourth-order valence-electron chi connectivity index (χ4n) is 12.8. The molecule has 4 saturated heterocycles. The molecule has 3 amide bonds. The van der Waals surface area contributed by atoms with Gasteiger partial charge in [-0.2, -0.15) is 9.97 Å². The van der Waals surface area contributed by atoms with Crippen LogP contribution in [-0.2, 0) is 32.0 Å². The first kappa shape index (κ1) is 47.1. The summed E-state index contributed by atoms with van der Waals surface area (Å²) in [5, 5.41) is 4.88. The number of pyridine rings is 1. The van der Waals surface area contributed by atoms with E-state index in [4.69, 9.17) is 33.9 Å². The van der Waals surface area contributed by atoms with Gasteiger partial charge in [0.25, 0.3) is 5.91 Å². The molecule has 16 heteroatoms. The number of imide groups is 1. The van der Waals surface area contributed by atoms with Gasteiger partial charge >= 0.3 is 6.01 Å². The van der Waals surface area contributed by atoms with Gasteiger partial charge in [-0.3, -0.25) is 24.7 Å². The first-order valence-electron chi connectivity index (χ1n) is 26.4. The highest BCUT2D eigenvalue weighted by molar-refractivity contribution is 6.06. The summed E-state index contributed by atoms with van der Waals surface area (Å²) in [6, 6.07) is 15.6. The SMILES string of the molecule is CCc1cccc2cc(OCOC)cc(-c3ncc4c(N5CC6CCC(C6)C5)nc(OCC5(CN6CCC(OC7CCN(c8ccc9c(c8)CN(C8CCC(=O)NC8=O)C9=O)CC7)CC6)CC5)nc4c3F)c12. The molecule has 3 atom stereocenters. The lowest BCUT2D eigenvalue weighted by Crippen LogP contribution is -2.52. The number of piperidine rings is 4. The zero-order chi connectivity index (χ0) is 49.1. The summed E-state index contributed by atoms with van der Waals surface area (Å²) < 4.78 is 42.0. The lowest BCUT2D eigenvalue weighted by molar-refractivity contribution is -0.136. The summed E-state index contributed by atoms with van der Waals surface area (Å²) >= 11 is 0. The van der Waals surface area contributed by atoms with Crippen LogP contribution in [0.1, 0.15) is 99.0 Å². The maximum absolute atomic E-state index is 17.4. The van der Waals surface area contributed by atoms with Crippen molar-refractivity contribution in [1.82, 2.24) is 30.1 Å². The second-order valence-electron chi connectivity index (χ2n) is 21.7. The number of carbonyl (C=O) groups is 3. The van der Waals surface area contributed by atoms with E-state index in [1.54, 1.807) is 18.2 Å². The van der Waals surface area contributed by atoms with E-state index in [0.29, 0.717) is 59.5 Å². The van der Waals surface area contributed by atoms with Gasteiger partial charge in [0.15, 0.2) is 12.6 Å². The Morgan fingerprint density at radius 2 is 1.62 bits per heavy atom. The highest BCUT2D eigenvalue weighted by Crippen LogP contribution is 2.48. The summed E-state index contributed by atoms with van der Waals surface area (Å²) in [4.78, 5) is 61.2. The van der Waals surface area contributed by atoms with E-state index in [1.807, 2.05) is 36.4 Å². The monoisotopic (exact) mass is 980 g/mol. The largest absolute Gasteiger partial charge is 0.468 e. The van der Waals surface area contributed by atoms with Crippen LogP contribution in [-0.4, -0.2) is 127 Å². The number of halogens is 1. The van der Waals surface area contributed by atoms with Crippen LogP contribution in [0.5, 0.6) is 11.8 Å². The van der Waals surface area contributed by atoms with E-state index in [9.17, 15) is 14.4 Å². The molecule has 0 radical (unpaired) electrons. The number of carbonyl (C=O) groups excluding carboxylic acids is 3. The average molecular weight is 981 g/mol. The van der Waals surface area contributed by atoms with Gasteiger partial charge in [0.05, 0.1) is 24.2 Å². The van der Waals surface area contributed by atoms with Crippen LogP contribution in [0.4, 0.5) is 15.9 Å². The number of hydrogen-bond donors (Lipinski definition) is 1. The maximum Gasteiger partial charge on any atom is 0.319 e. The summed E-state index contributed by atoms with van der Waals surface area (Å²) in [5.41, 5.74) is 4.84. The summed E-state index contributed by atoms with van der Waals surface area (Å²) in [7, 11) is 1.58. The molecular formula is C56H65FN8O7. The molecule has 2 aliphatic carbocycles. The minimum atomic E-state index is -0.615. The zero-order valence-corrected chi connectivity index (χ0v) is 41.5. The number of aromatic nitrogens is 3. The van der Waals surface area contributed by atoms with Crippen molar-refractivity contribution in [3.63, 3.8) is 0 Å². The molecule has 3 aromatic carbocycles. The standard InChI is InChI=1S/C56H65FN8O7/c1-3-36-5-4-6-37-25-42(71-33-69-2)26-44(48(36)37)50-49(57)51-45(27-58-50)52(64-28-34-7-8-35(23-34)29-64)61-55(60-51)70-32-56(17-18-56)31-62-19-13-40(14-20-62)72-41-15-21-63(22-16-41)39-9-10-43-38(24-39)30-65(54(43)68)46-11-12-47(66)59-53(46)67/h4-6,9-10,24-27,34-35,40-41,46H,3,7-8,11-23,28-33H2,1-2H3,(H,59,66,67). The molecule has 5 aliphatic heterocycles. The minimum Gasteiger partial charge on any atom is -0.468 e. The Morgan fingerprint density at radius 1 is 0.847 bits per heavy atom. The summed E-state index contributed by atoms with van der Waals surface area (Å²) in [6.45, 7) is 9.40. The number of benzene rings is 3. The smallest absolute Gasteiger partial charge is 0.319 e. The van der Waals surface area contributed by atoms with E-state index in [-0.39, 0.29) is 65.8 Å². The highest BCUT2D eigenvalue weighted by atomic mass is 19.1. The Morgan fingerprint density at radius 3 is 2.36 bits per heavy atom. The fraction of sp³-hybridized carbons (Fsp3) is 0.536. The van der Waals surface area contributed by atoms with Crippen molar-refractivity contribution in [2.75, 3.05) is 76.1 Å². The van der Waals surface area contributed by atoms with Crippen LogP contribution in [0.3, 0.4) is 0 Å². The molecule has 15 nitrogen and oxygen atoms in total. The van der Waals surface area contributed by atoms with E-state index in [0.717, 1.165) is 118 Å². The zero-order valence-electron chi connectivity index (χ0n) is 41.5. The molecule has 3 unspecified atom stereocenters. The first-order valence-corrected chi connectivity index (χ1v) is 26.4. The van der Waals surface area contributed by atoms with Crippen molar-refractivity contribution in [2.45, 2.75) is 109 Å². The molecular weight excluding hydrogens is 916 g/mol. The van der Waals surface area contributed by atoms with Gasteiger partial charge in [0, 0.05) is 94.3 Å². The van der Waals surface area contributed by atoms with Crippen LogP contribution < -0.4 is 24.6 Å². The van der Waals surface area contributed by atoms with Crippen LogP contribution in [0.15, 0.2) is 54.7 Å². The van der Waals surface area contributed by atoms with E-state index in [2.05, 4.69) is 39.1 Å². The number of nitrogens with one attached hydrogen (secondary N) is 1. The highest BCUT2D eigenvalue weighted by Gasteiger charge is 2.46. The number of ether oxygens (including phenoxy) is 4. The van der Waals surface area contributed by atoms with Gasteiger partial charge in [-0.05, 0) is 135 Å². The van der Waals surface area contributed by atoms with Crippen LogP contribution >= 0.6 is 0 Å². The number of rotatable bonds is 15. The van der Waals surface area contributed by atoms with Gasteiger partial charge in [-0.15, -0.1) is 0 Å². The van der Waals surface area contributed by atoms with Crippen LogP contribution in [0.2, 0.25) is 0 Å². The predicted octanol–water partition coefficient (Wildman–Crippen LogP) is 7.84. The van der Waals surface area contributed by atoms with Crippen molar-refractivity contribution in [1.29, 1.82) is 0 Å². The average Bonchev–Trinajstić information content (AvgIpc) is 3.97. The topological polar surface area (TPSA) is 152 Å². The normalized spacial score (nSPS) is 23.6. The predicted molar refractivity (Wildman–Crippen MR) is 271 cm³/mol. The molecule has 2 saturated carbocycles. The Hall–Kier alpha value is -5.97. The molecule has 7 aliphatic rings. The third-order valence-electron chi connectivity index (χ3n) is 16.8. The Bertz CT molecular complexity index is 2900. The molecule has 7 heterocycles. The van der Waals surface area contributed by atoms with Crippen molar-refractivity contribution in [2.24, 2.45) is 17.3 Å². The second kappa shape index (κ2) is 19.5. The van der Waals surface area contributed by atoms with Crippen LogP contribution in [0, 0.1) is 23.1 Å². The van der Waals surface area contributed by atoms with Gasteiger partial charge < -0.3 is 38.5 Å². The van der Waals surface area contributed by atoms with E-state index < -0.39 is 11.9 Å². The number of hydrogen-bond acceptors (Lipinski definition) is 13. The second-order valence-corrected chi connectivity index (χ2v) is 21.7. The summed E-state index contributed by atoms with van der Waals surface area (Å²) in [6.07, 6.45) is 13.2. The van der Waals surface area contributed by atoms with Gasteiger partial charge in [0.1, 0.15) is 28.8 Å². The number of methoxy groups -OCH3 is 1. The number of aryl methyl sites for hydroxylation is 1. The minimum absolute atomic E-state index is 0.00261. The van der Waals surface area contributed by atoms with E-state index >= 15 is 4.39 Å². The van der Waals surface area contributed by atoms with Gasteiger partial charge in [-0.25, -0.2) is 4.39 Å². The van der Waals surface area contributed by atoms with Crippen molar-refractivity contribution < 1.29 is 37.7 Å². The lowest BCUT2D eigenvalue weighted by atomic mass is 9.95. The van der Waals surface area contributed by atoms with Gasteiger partial charge in [-0.1, -0.05) is 25.1 Å². The molecule has 2 bridgehead atoms.